The highest BCUT2D eigenvalue weighted by Crippen LogP contribution is 2.37. The van der Waals surface area contributed by atoms with Crippen molar-refractivity contribution in [3.63, 3.8) is 0 Å². The number of nitrogens with one attached hydrogen (secondary N) is 1. The average Bonchev–Trinajstić information content (AvgIpc) is 2.36. The molecule has 3 nitrogen and oxygen atoms in total. The molecule has 20 heavy (non-hydrogen) atoms. The van der Waals surface area contributed by atoms with Gasteiger partial charge in [0.25, 0.3) is 0 Å². The zero-order valence-electron chi connectivity index (χ0n) is 10.4. The van der Waals surface area contributed by atoms with Crippen LogP contribution in [-0.4, -0.2) is 28.4 Å². The van der Waals surface area contributed by atoms with E-state index < -0.39 is 17.4 Å². The summed E-state index contributed by atoms with van der Waals surface area (Å²) in [6, 6.07) is 3.18. The SMILES string of the molecule is O=S1CCC(Nc2cc(Cl)c(OC(F)F)c(Cl)c2)CC1. The van der Waals surface area contributed by atoms with Crippen LogP contribution in [-0.2, 0) is 10.8 Å². The predicted molar refractivity (Wildman–Crippen MR) is 77.6 cm³/mol. The van der Waals surface area contributed by atoms with Crippen molar-refractivity contribution < 1.29 is 17.7 Å². The first kappa shape index (κ1) is 15.8. The van der Waals surface area contributed by atoms with E-state index in [4.69, 9.17) is 23.2 Å². The van der Waals surface area contributed by atoms with Gasteiger partial charge in [0.15, 0.2) is 5.75 Å². The van der Waals surface area contributed by atoms with E-state index in [1.807, 2.05) is 0 Å². The molecule has 0 aromatic heterocycles. The maximum atomic E-state index is 12.2. The lowest BCUT2D eigenvalue weighted by Crippen LogP contribution is -2.29. The molecule has 0 bridgehead atoms. The summed E-state index contributed by atoms with van der Waals surface area (Å²) in [5.74, 6) is 1.09. The Hall–Kier alpha value is -0.590. The first-order valence-electron chi connectivity index (χ1n) is 6.01. The molecule has 112 valence electrons. The fourth-order valence-electron chi connectivity index (χ4n) is 2.02. The van der Waals surface area contributed by atoms with Gasteiger partial charge in [-0.3, -0.25) is 4.21 Å². The van der Waals surface area contributed by atoms with Gasteiger partial charge in [0.05, 0.1) is 10.0 Å². The number of hydrogen-bond donors (Lipinski definition) is 1. The molecule has 1 heterocycles. The van der Waals surface area contributed by atoms with Crippen LogP contribution in [0.2, 0.25) is 10.0 Å². The summed E-state index contributed by atoms with van der Waals surface area (Å²) in [6.45, 7) is -2.97. The Morgan fingerprint density at radius 1 is 1.25 bits per heavy atom. The molecule has 0 amide bonds. The van der Waals surface area contributed by atoms with Crippen LogP contribution in [0.1, 0.15) is 12.8 Å². The summed E-state index contributed by atoms with van der Waals surface area (Å²) in [5, 5.41) is 3.27. The van der Waals surface area contributed by atoms with E-state index in [9.17, 15) is 13.0 Å². The van der Waals surface area contributed by atoms with E-state index in [1.165, 1.54) is 12.1 Å². The van der Waals surface area contributed by atoms with Gasteiger partial charge >= 0.3 is 6.61 Å². The zero-order chi connectivity index (χ0) is 14.7. The molecule has 8 heteroatoms. The van der Waals surface area contributed by atoms with E-state index in [-0.39, 0.29) is 21.8 Å². The van der Waals surface area contributed by atoms with E-state index in [0.29, 0.717) is 17.2 Å². The number of benzene rings is 1. The molecule has 1 aliphatic rings. The molecule has 0 aliphatic carbocycles. The molecule has 1 aliphatic heterocycles. The minimum Gasteiger partial charge on any atom is -0.432 e. The van der Waals surface area contributed by atoms with Crippen molar-refractivity contribution in [1.82, 2.24) is 0 Å². The molecule has 2 rings (SSSR count). The number of rotatable bonds is 4. The van der Waals surface area contributed by atoms with Crippen LogP contribution >= 0.6 is 23.2 Å². The Kier molecular flexibility index (Phi) is 5.46. The van der Waals surface area contributed by atoms with Gasteiger partial charge in [-0.1, -0.05) is 23.2 Å². The minimum absolute atomic E-state index is 0.0275. The van der Waals surface area contributed by atoms with Gasteiger partial charge in [-0.2, -0.15) is 8.78 Å². The first-order chi connectivity index (χ1) is 9.45. The highest BCUT2D eigenvalue weighted by Gasteiger charge is 2.19. The number of hydrogen-bond acceptors (Lipinski definition) is 3. The highest BCUT2D eigenvalue weighted by molar-refractivity contribution is 7.85. The van der Waals surface area contributed by atoms with Crippen molar-refractivity contribution in [3.8, 4) is 5.75 Å². The lowest BCUT2D eigenvalue weighted by molar-refractivity contribution is -0.0497. The first-order valence-corrected chi connectivity index (χ1v) is 8.25. The van der Waals surface area contributed by atoms with E-state index in [2.05, 4.69) is 10.1 Å². The molecule has 0 spiro atoms. The third-order valence-corrected chi connectivity index (χ3v) is 4.91. The molecule has 1 aromatic carbocycles. The van der Waals surface area contributed by atoms with Crippen LogP contribution in [0.5, 0.6) is 5.75 Å². The molecule has 0 atom stereocenters. The smallest absolute Gasteiger partial charge is 0.387 e. The summed E-state index contributed by atoms with van der Waals surface area (Å²) in [4.78, 5) is 0. The van der Waals surface area contributed by atoms with Gasteiger partial charge in [-0.15, -0.1) is 0 Å². The van der Waals surface area contributed by atoms with Gasteiger partial charge in [0, 0.05) is 34.0 Å². The van der Waals surface area contributed by atoms with Crippen molar-refractivity contribution in [1.29, 1.82) is 0 Å². The van der Waals surface area contributed by atoms with E-state index >= 15 is 0 Å². The lowest BCUT2D eigenvalue weighted by Gasteiger charge is -2.24. The van der Waals surface area contributed by atoms with Gasteiger partial charge < -0.3 is 10.1 Å². The van der Waals surface area contributed by atoms with Crippen LogP contribution in [0.4, 0.5) is 14.5 Å². The van der Waals surface area contributed by atoms with Crippen LogP contribution in [0, 0.1) is 0 Å². The summed E-state index contributed by atoms with van der Waals surface area (Å²) in [7, 11) is -0.734. The second-order valence-corrected chi connectivity index (χ2v) is 6.92. The van der Waals surface area contributed by atoms with Crippen molar-refractivity contribution in [2.24, 2.45) is 0 Å². The van der Waals surface area contributed by atoms with E-state index in [0.717, 1.165) is 12.8 Å². The Labute approximate surface area is 128 Å². The van der Waals surface area contributed by atoms with Crippen molar-refractivity contribution in [2.45, 2.75) is 25.5 Å². The third-order valence-electron chi connectivity index (χ3n) is 2.96. The van der Waals surface area contributed by atoms with Crippen molar-refractivity contribution >= 4 is 39.7 Å². The van der Waals surface area contributed by atoms with Gasteiger partial charge in [-0.05, 0) is 25.0 Å². The maximum Gasteiger partial charge on any atom is 0.387 e. The quantitative estimate of drug-likeness (QED) is 0.900. The number of halogens is 4. The molecule has 1 fully saturated rings. The summed E-state index contributed by atoms with van der Waals surface area (Å²) in [6.07, 6.45) is 1.58. The van der Waals surface area contributed by atoms with Crippen LogP contribution in [0.25, 0.3) is 0 Å². The third kappa shape index (κ3) is 4.20. The van der Waals surface area contributed by atoms with Crippen LogP contribution < -0.4 is 10.1 Å². The Balaban J connectivity index is 2.08. The fourth-order valence-corrected chi connectivity index (χ4v) is 3.89. The number of ether oxygens (including phenoxy) is 1. The number of alkyl halides is 2. The monoisotopic (exact) mass is 343 g/mol. The Morgan fingerprint density at radius 2 is 1.80 bits per heavy atom. The topological polar surface area (TPSA) is 38.3 Å². The predicted octanol–water partition coefficient (Wildman–Crippen LogP) is 3.92. The van der Waals surface area contributed by atoms with Crippen molar-refractivity contribution in [2.75, 3.05) is 16.8 Å². The molecular formula is C12H13Cl2F2NO2S. The Morgan fingerprint density at radius 3 is 2.30 bits per heavy atom. The maximum absolute atomic E-state index is 12.2. The highest BCUT2D eigenvalue weighted by atomic mass is 35.5. The second kappa shape index (κ2) is 6.91. The standard InChI is InChI=1S/C12H13Cl2F2NO2S/c13-9-5-8(6-10(14)11(9)19-12(15)16)17-7-1-3-20(18)4-2-7/h5-7,12,17H,1-4H2. The lowest BCUT2D eigenvalue weighted by atomic mass is 10.1. The summed E-state index contributed by atoms with van der Waals surface area (Å²) >= 11 is 11.8. The average molecular weight is 344 g/mol. The summed E-state index contributed by atoms with van der Waals surface area (Å²) < 4.78 is 40.0. The Bertz CT molecular complexity index is 483. The van der Waals surface area contributed by atoms with Crippen LogP contribution in [0.3, 0.4) is 0 Å². The van der Waals surface area contributed by atoms with Gasteiger partial charge in [0.1, 0.15) is 0 Å². The normalized spacial score (nSPS) is 22.9. The van der Waals surface area contributed by atoms with Crippen LogP contribution in [0.15, 0.2) is 12.1 Å². The van der Waals surface area contributed by atoms with Gasteiger partial charge in [0.2, 0.25) is 0 Å². The second-order valence-electron chi connectivity index (χ2n) is 4.41. The fraction of sp³-hybridized carbons (Fsp3) is 0.500. The van der Waals surface area contributed by atoms with Gasteiger partial charge in [-0.25, -0.2) is 0 Å². The summed E-state index contributed by atoms with van der Waals surface area (Å²) in [5.41, 5.74) is 0.638. The zero-order valence-corrected chi connectivity index (χ0v) is 12.7. The molecule has 0 radical (unpaired) electrons. The molecule has 1 aromatic rings. The largest absolute Gasteiger partial charge is 0.432 e. The molecule has 0 unspecified atom stereocenters. The van der Waals surface area contributed by atoms with Crippen molar-refractivity contribution in [3.05, 3.63) is 22.2 Å². The minimum atomic E-state index is -2.97. The van der Waals surface area contributed by atoms with E-state index in [1.54, 1.807) is 0 Å². The number of anilines is 1. The molecule has 0 saturated carbocycles. The molecular weight excluding hydrogens is 331 g/mol. The molecule has 1 saturated heterocycles. The molecule has 1 N–H and O–H groups in total.